The molecule has 2 aromatic heterocycles. The van der Waals surface area contributed by atoms with Gasteiger partial charge in [-0.25, -0.2) is 0 Å². The number of ether oxygens (including phenoxy) is 2. The van der Waals surface area contributed by atoms with Gasteiger partial charge in [0.2, 0.25) is 6.79 Å². The molecule has 1 fully saturated rings. The summed E-state index contributed by atoms with van der Waals surface area (Å²) in [5.74, 6) is 1.09. The van der Waals surface area contributed by atoms with Gasteiger partial charge in [0.25, 0.3) is 11.8 Å². The van der Waals surface area contributed by atoms with Crippen LogP contribution in [-0.4, -0.2) is 34.1 Å². The molecule has 2 aliphatic heterocycles. The fourth-order valence-corrected chi connectivity index (χ4v) is 7.22. The van der Waals surface area contributed by atoms with Gasteiger partial charge in [0, 0.05) is 12.6 Å². The van der Waals surface area contributed by atoms with E-state index in [2.05, 4.69) is 5.32 Å². The van der Waals surface area contributed by atoms with Crippen molar-refractivity contribution in [2.75, 3.05) is 6.79 Å². The van der Waals surface area contributed by atoms with Gasteiger partial charge in [-0.1, -0.05) is 62.1 Å². The second kappa shape index (κ2) is 9.75. The first-order chi connectivity index (χ1) is 19.1. The van der Waals surface area contributed by atoms with Crippen LogP contribution in [0.1, 0.15) is 60.1 Å². The summed E-state index contributed by atoms with van der Waals surface area (Å²) >= 11 is 1.61. The summed E-state index contributed by atoms with van der Waals surface area (Å²) in [6.07, 6.45) is 6.56. The minimum absolute atomic E-state index is 0.107. The molecule has 0 radical (unpaired) electrons. The molecule has 200 valence electrons. The second-order valence-corrected chi connectivity index (χ2v) is 11.7. The summed E-state index contributed by atoms with van der Waals surface area (Å²) in [6.45, 7) is 0.798. The van der Waals surface area contributed by atoms with E-state index in [-0.39, 0.29) is 31.2 Å². The number of aromatic nitrogens is 1. The third-order valence-electron chi connectivity index (χ3n) is 8.43. The number of fused-ring (bicyclic) bond motifs is 4. The Morgan fingerprint density at radius 2 is 1.77 bits per heavy atom. The summed E-state index contributed by atoms with van der Waals surface area (Å²) in [6, 6.07) is 19.7. The fourth-order valence-electron chi connectivity index (χ4n) is 6.39. The lowest BCUT2D eigenvalue weighted by Crippen LogP contribution is -2.63. The highest BCUT2D eigenvalue weighted by Crippen LogP contribution is 2.42. The molecule has 2 aromatic carbocycles. The average Bonchev–Trinajstić information content (AvgIpc) is 3.64. The van der Waals surface area contributed by atoms with E-state index in [1.165, 1.54) is 12.8 Å². The summed E-state index contributed by atoms with van der Waals surface area (Å²) in [4.78, 5) is 30.9. The first-order valence-corrected chi connectivity index (χ1v) is 14.7. The predicted molar refractivity (Wildman–Crippen MR) is 150 cm³/mol. The Morgan fingerprint density at radius 1 is 0.974 bits per heavy atom. The zero-order valence-electron chi connectivity index (χ0n) is 21.7. The Kier molecular flexibility index (Phi) is 6.07. The van der Waals surface area contributed by atoms with Crippen molar-refractivity contribution in [2.45, 2.75) is 63.2 Å². The van der Waals surface area contributed by atoms with Crippen LogP contribution in [0.2, 0.25) is 0 Å². The van der Waals surface area contributed by atoms with Gasteiger partial charge in [0.15, 0.2) is 17.0 Å². The lowest BCUT2D eigenvalue weighted by molar-refractivity contribution is -0.136. The molecule has 1 saturated carbocycles. The van der Waals surface area contributed by atoms with Gasteiger partial charge in [-0.15, -0.1) is 11.3 Å². The highest BCUT2D eigenvalue weighted by molar-refractivity contribution is 7.17. The van der Waals surface area contributed by atoms with Crippen LogP contribution < -0.4 is 14.8 Å². The number of benzene rings is 2. The van der Waals surface area contributed by atoms with E-state index in [1.807, 2.05) is 70.6 Å². The number of carbonyl (C=O) groups is 2. The first-order valence-electron chi connectivity index (χ1n) is 13.8. The minimum atomic E-state index is -1.22. The van der Waals surface area contributed by atoms with E-state index in [0.29, 0.717) is 23.7 Å². The number of carbonyl (C=O) groups excluding carboxylic acids is 2. The van der Waals surface area contributed by atoms with Crippen LogP contribution in [0.15, 0.2) is 66.0 Å². The highest BCUT2D eigenvalue weighted by atomic mass is 32.1. The Morgan fingerprint density at radius 3 is 2.59 bits per heavy atom. The SMILES string of the molecule is O=C1c2cc3sccc3n2CC(C(=O)NC2CCCCCC2)(c2ccccc2)N1Cc1ccc2c(c1)OCO2. The van der Waals surface area contributed by atoms with Crippen molar-refractivity contribution >= 4 is 33.4 Å². The molecule has 1 aliphatic carbocycles. The summed E-state index contributed by atoms with van der Waals surface area (Å²) in [5, 5.41) is 5.46. The third-order valence-corrected chi connectivity index (χ3v) is 9.28. The number of nitrogens with zero attached hydrogens (tertiary/aromatic N) is 2. The number of thiophene rings is 1. The van der Waals surface area contributed by atoms with E-state index >= 15 is 0 Å². The summed E-state index contributed by atoms with van der Waals surface area (Å²) in [7, 11) is 0. The van der Waals surface area contributed by atoms with Crippen molar-refractivity contribution in [1.29, 1.82) is 0 Å². The van der Waals surface area contributed by atoms with Crippen LogP contribution >= 0.6 is 11.3 Å². The normalized spacial score (nSPS) is 21.1. The topological polar surface area (TPSA) is 72.8 Å². The van der Waals surface area contributed by atoms with Crippen LogP contribution in [0.25, 0.3) is 10.2 Å². The quantitative estimate of drug-likeness (QED) is 0.323. The number of amides is 2. The number of hydrogen-bond acceptors (Lipinski definition) is 5. The smallest absolute Gasteiger partial charge is 0.272 e. The monoisotopic (exact) mass is 541 g/mol. The van der Waals surface area contributed by atoms with Gasteiger partial charge in [-0.05, 0) is 53.6 Å². The van der Waals surface area contributed by atoms with E-state index < -0.39 is 5.54 Å². The molecule has 4 aromatic rings. The largest absolute Gasteiger partial charge is 0.454 e. The lowest BCUT2D eigenvalue weighted by atomic mass is 9.83. The molecule has 3 aliphatic rings. The Hall–Kier alpha value is -3.78. The Balaban J connectivity index is 1.37. The van der Waals surface area contributed by atoms with Gasteiger partial charge in [0.1, 0.15) is 5.69 Å². The van der Waals surface area contributed by atoms with E-state index in [9.17, 15) is 9.59 Å². The van der Waals surface area contributed by atoms with Gasteiger partial charge in [-0.2, -0.15) is 0 Å². The van der Waals surface area contributed by atoms with Crippen LogP contribution in [0.5, 0.6) is 11.5 Å². The molecule has 2 amide bonds. The Bertz CT molecular complexity index is 1540. The van der Waals surface area contributed by atoms with Crippen molar-refractivity contribution in [1.82, 2.24) is 14.8 Å². The van der Waals surface area contributed by atoms with E-state index in [4.69, 9.17) is 9.47 Å². The molecule has 0 saturated heterocycles. The zero-order chi connectivity index (χ0) is 26.4. The van der Waals surface area contributed by atoms with Crippen molar-refractivity contribution in [3.05, 3.63) is 82.9 Å². The van der Waals surface area contributed by atoms with Crippen LogP contribution in [-0.2, 0) is 23.4 Å². The summed E-state index contributed by atoms with van der Waals surface area (Å²) < 4.78 is 14.2. The number of hydrogen-bond donors (Lipinski definition) is 1. The second-order valence-electron chi connectivity index (χ2n) is 10.8. The first kappa shape index (κ1) is 24.3. The zero-order valence-corrected chi connectivity index (χ0v) is 22.5. The van der Waals surface area contributed by atoms with Gasteiger partial charge < -0.3 is 24.3 Å². The number of nitrogens with one attached hydrogen (secondary N) is 1. The average molecular weight is 542 g/mol. The molecule has 1 atom stereocenters. The summed E-state index contributed by atoms with van der Waals surface area (Å²) in [5.41, 5.74) is 2.09. The maximum Gasteiger partial charge on any atom is 0.272 e. The van der Waals surface area contributed by atoms with Crippen LogP contribution in [0, 0.1) is 0 Å². The van der Waals surface area contributed by atoms with Crippen molar-refractivity contribution in [2.24, 2.45) is 0 Å². The van der Waals surface area contributed by atoms with Crippen molar-refractivity contribution < 1.29 is 19.1 Å². The lowest BCUT2D eigenvalue weighted by Gasteiger charge is -2.47. The third kappa shape index (κ3) is 4.09. The molecule has 7 rings (SSSR count). The van der Waals surface area contributed by atoms with Gasteiger partial charge in [-0.3, -0.25) is 9.59 Å². The molecular formula is C31H31N3O4S. The number of rotatable bonds is 5. The highest BCUT2D eigenvalue weighted by Gasteiger charge is 2.53. The molecule has 8 heteroatoms. The molecule has 39 heavy (non-hydrogen) atoms. The Labute approximate surface area is 231 Å². The molecule has 0 spiro atoms. The van der Waals surface area contributed by atoms with Crippen molar-refractivity contribution in [3.8, 4) is 11.5 Å². The van der Waals surface area contributed by atoms with Gasteiger partial charge >= 0.3 is 0 Å². The van der Waals surface area contributed by atoms with Crippen LogP contribution in [0.3, 0.4) is 0 Å². The molecule has 4 heterocycles. The molecule has 7 nitrogen and oxygen atoms in total. The van der Waals surface area contributed by atoms with Crippen LogP contribution in [0.4, 0.5) is 0 Å². The maximum atomic E-state index is 14.7. The van der Waals surface area contributed by atoms with E-state index in [1.54, 1.807) is 16.2 Å². The molecule has 1 N–H and O–H groups in total. The standard InChI is InChI=1S/C31H31N3O4S/c35-29-25-17-28-24(14-15-39-28)33(25)19-31(22-8-4-3-5-9-22,30(36)32-23-10-6-1-2-7-11-23)34(29)18-21-12-13-26-27(16-21)38-20-37-26/h3-5,8-9,12-17,23H,1-2,6-7,10-11,18-20H2,(H,32,36). The predicted octanol–water partition coefficient (Wildman–Crippen LogP) is 5.82. The minimum Gasteiger partial charge on any atom is -0.454 e. The molecular weight excluding hydrogens is 510 g/mol. The maximum absolute atomic E-state index is 14.7. The molecule has 0 bridgehead atoms. The van der Waals surface area contributed by atoms with Crippen molar-refractivity contribution in [3.63, 3.8) is 0 Å². The van der Waals surface area contributed by atoms with Gasteiger partial charge in [0.05, 0.1) is 16.8 Å². The molecule has 1 unspecified atom stereocenters. The van der Waals surface area contributed by atoms with E-state index in [0.717, 1.165) is 47.0 Å². The fraction of sp³-hybridized carbons (Fsp3) is 0.355.